The number of carbonyl (C=O) groups is 2. The first-order valence-corrected chi connectivity index (χ1v) is 9.59. The molecule has 1 N–H and O–H groups in total. The summed E-state index contributed by atoms with van der Waals surface area (Å²) in [5.74, 6) is -0.0878. The van der Waals surface area contributed by atoms with Crippen molar-refractivity contribution >= 4 is 29.1 Å². The monoisotopic (exact) mass is 385 g/mol. The molecule has 2 aromatic carbocycles. The van der Waals surface area contributed by atoms with Gasteiger partial charge in [-0.15, -0.1) is 0 Å². The highest BCUT2D eigenvalue weighted by Crippen LogP contribution is 2.18. The average molecular weight is 386 g/mol. The Morgan fingerprint density at radius 1 is 1.04 bits per heavy atom. The van der Waals surface area contributed by atoms with Gasteiger partial charge in [0, 0.05) is 31.9 Å². The van der Waals surface area contributed by atoms with Crippen LogP contribution < -0.4 is 5.32 Å². The topological polar surface area (TPSA) is 52.7 Å². The maximum atomic E-state index is 12.6. The third-order valence-electron chi connectivity index (χ3n) is 4.75. The molecule has 27 heavy (non-hydrogen) atoms. The van der Waals surface area contributed by atoms with Crippen LogP contribution in [-0.2, 0) is 11.2 Å². The molecule has 0 aliphatic carbocycles. The number of rotatable bonds is 5. The highest BCUT2D eigenvalue weighted by Gasteiger charge is 2.24. The van der Waals surface area contributed by atoms with Gasteiger partial charge >= 0.3 is 0 Å². The standard InChI is InChI=1S/C21H24ClN3O2/c1-2-16-6-5-7-17(14-16)23-20(26)15-24-10-12-25(13-11-24)21(27)18-8-3-4-9-19(18)22/h3-9,14H,2,10-13,15H2,1H3,(H,23,26). The fourth-order valence-corrected chi connectivity index (χ4v) is 3.40. The fourth-order valence-electron chi connectivity index (χ4n) is 3.19. The van der Waals surface area contributed by atoms with E-state index in [0.29, 0.717) is 43.3 Å². The van der Waals surface area contributed by atoms with E-state index in [1.54, 1.807) is 17.0 Å². The molecule has 2 amide bonds. The molecular formula is C21H24ClN3O2. The maximum absolute atomic E-state index is 12.6. The number of piperazine rings is 1. The van der Waals surface area contributed by atoms with Crippen molar-refractivity contribution in [2.24, 2.45) is 0 Å². The predicted molar refractivity (Wildman–Crippen MR) is 108 cm³/mol. The summed E-state index contributed by atoms with van der Waals surface area (Å²) >= 11 is 6.12. The lowest BCUT2D eigenvalue weighted by Crippen LogP contribution is -2.50. The third kappa shape index (κ3) is 5.08. The van der Waals surface area contributed by atoms with E-state index in [4.69, 9.17) is 11.6 Å². The minimum Gasteiger partial charge on any atom is -0.336 e. The summed E-state index contributed by atoms with van der Waals surface area (Å²) in [7, 11) is 0. The van der Waals surface area contributed by atoms with Gasteiger partial charge in [0.25, 0.3) is 5.91 Å². The van der Waals surface area contributed by atoms with Crippen molar-refractivity contribution in [1.82, 2.24) is 9.80 Å². The van der Waals surface area contributed by atoms with Crippen molar-refractivity contribution in [2.45, 2.75) is 13.3 Å². The number of carbonyl (C=O) groups excluding carboxylic acids is 2. The summed E-state index contributed by atoms with van der Waals surface area (Å²) in [6.07, 6.45) is 0.936. The molecule has 3 rings (SSSR count). The number of amides is 2. The van der Waals surface area contributed by atoms with Gasteiger partial charge < -0.3 is 10.2 Å². The van der Waals surface area contributed by atoms with Gasteiger partial charge in [-0.1, -0.05) is 42.8 Å². The normalized spacial score (nSPS) is 14.8. The SMILES string of the molecule is CCc1cccc(NC(=O)CN2CCN(C(=O)c3ccccc3Cl)CC2)c1. The molecule has 1 heterocycles. The van der Waals surface area contributed by atoms with E-state index in [1.165, 1.54) is 5.56 Å². The minimum atomic E-state index is -0.0546. The summed E-state index contributed by atoms with van der Waals surface area (Å²) in [6.45, 7) is 4.91. The quantitative estimate of drug-likeness (QED) is 0.859. The first kappa shape index (κ1) is 19.4. The van der Waals surface area contributed by atoms with Crippen molar-refractivity contribution in [3.63, 3.8) is 0 Å². The molecular weight excluding hydrogens is 362 g/mol. The molecule has 1 aliphatic rings. The number of aryl methyl sites for hydroxylation is 1. The fraction of sp³-hybridized carbons (Fsp3) is 0.333. The van der Waals surface area contributed by atoms with Gasteiger partial charge in [-0.25, -0.2) is 0 Å². The van der Waals surface area contributed by atoms with Crippen LogP contribution in [0.1, 0.15) is 22.8 Å². The molecule has 0 atom stereocenters. The van der Waals surface area contributed by atoms with E-state index in [9.17, 15) is 9.59 Å². The molecule has 1 fully saturated rings. The van der Waals surface area contributed by atoms with Crippen molar-refractivity contribution in [2.75, 3.05) is 38.0 Å². The number of hydrogen-bond acceptors (Lipinski definition) is 3. The van der Waals surface area contributed by atoms with Crippen LogP contribution in [0.3, 0.4) is 0 Å². The van der Waals surface area contributed by atoms with Gasteiger partial charge in [-0.3, -0.25) is 14.5 Å². The van der Waals surface area contributed by atoms with Crippen molar-refractivity contribution < 1.29 is 9.59 Å². The molecule has 0 saturated carbocycles. The van der Waals surface area contributed by atoms with Crippen LogP contribution in [0.15, 0.2) is 48.5 Å². The zero-order chi connectivity index (χ0) is 19.2. The van der Waals surface area contributed by atoms with Crippen LogP contribution in [-0.4, -0.2) is 54.3 Å². The van der Waals surface area contributed by atoms with Crippen LogP contribution in [0.4, 0.5) is 5.69 Å². The molecule has 0 aromatic heterocycles. The van der Waals surface area contributed by atoms with E-state index in [0.717, 1.165) is 12.1 Å². The molecule has 0 bridgehead atoms. The van der Waals surface area contributed by atoms with Gasteiger partial charge in [0.2, 0.25) is 5.91 Å². The van der Waals surface area contributed by atoms with Crippen molar-refractivity contribution in [3.8, 4) is 0 Å². The largest absolute Gasteiger partial charge is 0.336 e. The number of anilines is 1. The second-order valence-electron chi connectivity index (χ2n) is 6.65. The zero-order valence-corrected chi connectivity index (χ0v) is 16.2. The highest BCUT2D eigenvalue weighted by atomic mass is 35.5. The Labute approximate surface area is 164 Å². The number of nitrogens with zero attached hydrogens (tertiary/aromatic N) is 2. The second-order valence-corrected chi connectivity index (χ2v) is 7.06. The molecule has 6 heteroatoms. The minimum absolute atomic E-state index is 0.0332. The van der Waals surface area contributed by atoms with Crippen LogP contribution in [0.2, 0.25) is 5.02 Å². The van der Waals surface area contributed by atoms with Crippen LogP contribution in [0.5, 0.6) is 0 Å². The summed E-state index contributed by atoms with van der Waals surface area (Å²) < 4.78 is 0. The molecule has 0 spiro atoms. The van der Waals surface area contributed by atoms with Crippen molar-refractivity contribution in [1.29, 1.82) is 0 Å². The smallest absolute Gasteiger partial charge is 0.255 e. The van der Waals surface area contributed by atoms with E-state index >= 15 is 0 Å². The number of halogens is 1. The predicted octanol–water partition coefficient (Wildman–Crippen LogP) is 3.30. The lowest BCUT2D eigenvalue weighted by Gasteiger charge is -2.34. The van der Waals surface area contributed by atoms with Crippen LogP contribution >= 0.6 is 11.6 Å². The third-order valence-corrected chi connectivity index (χ3v) is 5.08. The Hall–Kier alpha value is -2.37. The van der Waals surface area contributed by atoms with Gasteiger partial charge in [-0.2, -0.15) is 0 Å². The van der Waals surface area contributed by atoms with Crippen LogP contribution in [0.25, 0.3) is 0 Å². The zero-order valence-electron chi connectivity index (χ0n) is 15.5. The van der Waals surface area contributed by atoms with E-state index in [1.807, 2.05) is 36.4 Å². The summed E-state index contributed by atoms with van der Waals surface area (Å²) in [5, 5.41) is 3.42. The Bertz CT molecular complexity index is 817. The Morgan fingerprint density at radius 3 is 2.48 bits per heavy atom. The molecule has 5 nitrogen and oxygen atoms in total. The van der Waals surface area contributed by atoms with Gasteiger partial charge in [0.15, 0.2) is 0 Å². The molecule has 1 saturated heterocycles. The molecule has 0 unspecified atom stereocenters. The Kier molecular flexibility index (Phi) is 6.48. The van der Waals surface area contributed by atoms with Gasteiger partial charge in [0.05, 0.1) is 17.1 Å². The molecule has 142 valence electrons. The Morgan fingerprint density at radius 2 is 1.78 bits per heavy atom. The Balaban J connectivity index is 1.49. The van der Waals surface area contributed by atoms with Gasteiger partial charge in [-0.05, 0) is 36.2 Å². The lowest BCUT2D eigenvalue weighted by molar-refractivity contribution is -0.117. The van der Waals surface area contributed by atoms with Crippen LogP contribution in [0, 0.1) is 0 Å². The summed E-state index contributed by atoms with van der Waals surface area (Å²) in [5.41, 5.74) is 2.55. The average Bonchev–Trinajstić information content (AvgIpc) is 2.68. The number of benzene rings is 2. The first-order valence-electron chi connectivity index (χ1n) is 9.21. The highest BCUT2D eigenvalue weighted by molar-refractivity contribution is 6.33. The maximum Gasteiger partial charge on any atom is 0.255 e. The first-order chi connectivity index (χ1) is 13.1. The lowest BCUT2D eigenvalue weighted by atomic mass is 10.1. The molecule has 2 aromatic rings. The van der Waals surface area contributed by atoms with E-state index in [-0.39, 0.29) is 11.8 Å². The van der Waals surface area contributed by atoms with Gasteiger partial charge in [0.1, 0.15) is 0 Å². The van der Waals surface area contributed by atoms with Crippen molar-refractivity contribution in [3.05, 3.63) is 64.7 Å². The second kappa shape index (κ2) is 9.02. The number of nitrogens with one attached hydrogen (secondary N) is 1. The number of hydrogen-bond donors (Lipinski definition) is 1. The molecule has 0 radical (unpaired) electrons. The molecule has 1 aliphatic heterocycles. The van der Waals surface area contributed by atoms with E-state index < -0.39 is 0 Å². The summed E-state index contributed by atoms with van der Waals surface area (Å²) in [6, 6.07) is 15.0. The van der Waals surface area contributed by atoms with E-state index in [2.05, 4.69) is 17.1 Å². The summed E-state index contributed by atoms with van der Waals surface area (Å²) in [4.78, 5) is 28.8.